The van der Waals surface area contributed by atoms with Gasteiger partial charge in [-0.15, -0.1) is 49.6 Å². The highest BCUT2D eigenvalue weighted by Gasteiger charge is 2.23. The molecule has 2 N–H and O–H groups in total. The Kier molecular flexibility index (Phi) is 16.6. The van der Waals surface area contributed by atoms with Gasteiger partial charge in [0, 0.05) is 56.4 Å². The molecule has 40 heavy (non-hydrogen) atoms. The normalized spacial score (nSPS) is 16.4. The SMILES string of the molecule is COc1ccccc1N1CCN(CCNCCCN2CCC(c3c[nH]c4cc(F)ccc34)CC2)CC1.Cl.Cl.Cl.Cl. The van der Waals surface area contributed by atoms with Gasteiger partial charge in [0.1, 0.15) is 11.6 Å². The second-order valence-electron chi connectivity index (χ2n) is 10.2. The van der Waals surface area contributed by atoms with Crippen molar-refractivity contribution in [1.82, 2.24) is 20.1 Å². The van der Waals surface area contributed by atoms with Crippen LogP contribution in [0.2, 0.25) is 0 Å². The number of methoxy groups -OCH3 is 1. The lowest BCUT2D eigenvalue weighted by Crippen LogP contribution is -2.48. The van der Waals surface area contributed by atoms with E-state index in [9.17, 15) is 4.39 Å². The maximum absolute atomic E-state index is 13.5. The van der Waals surface area contributed by atoms with Crippen molar-refractivity contribution in [2.24, 2.45) is 0 Å². The Labute approximate surface area is 263 Å². The van der Waals surface area contributed by atoms with E-state index in [0.717, 1.165) is 76.7 Å². The molecule has 0 bridgehead atoms. The number of likely N-dealkylation sites (tertiary alicyclic amines) is 1. The Morgan fingerprint density at radius 3 is 2.30 bits per heavy atom. The number of piperazine rings is 1. The summed E-state index contributed by atoms with van der Waals surface area (Å²) >= 11 is 0. The number of hydrogen-bond donors (Lipinski definition) is 2. The van der Waals surface area contributed by atoms with Crippen molar-refractivity contribution in [2.75, 3.05) is 77.5 Å². The molecule has 2 fully saturated rings. The van der Waals surface area contributed by atoms with Gasteiger partial charge in [0.25, 0.3) is 0 Å². The van der Waals surface area contributed by atoms with Crippen molar-refractivity contribution >= 4 is 66.2 Å². The molecule has 3 heterocycles. The Morgan fingerprint density at radius 2 is 1.57 bits per heavy atom. The second kappa shape index (κ2) is 18.2. The summed E-state index contributed by atoms with van der Waals surface area (Å²) in [6, 6.07) is 13.4. The summed E-state index contributed by atoms with van der Waals surface area (Å²) < 4.78 is 19.0. The number of H-pyrrole nitrogens is 1. The molecule has 5 rings (SSSR count). The standard InChI is InChI=1S/C29H40FN5O.4ClH/c1-36-29-6-3-2-5-28(29)35-19-17-34(18-20-35)16-12-31-11-4-13-33-14-9-23(10-15-33)26-22-32-27-21-24(30)7-8-25(26)27;;;;/h2-3,5-8,21-23,31-32H,4,9-20H2,1H3;4*1H. The Bertz CT molecular complexity index is 1120. The predicted octanol–water partition coefficient (Wildman–Crippen LogP) is 5.98. The Hall–Kier alpha value is -1.45. The van der Waals surface area contributed by atoms with E-state index < -0.39 is 0 Å². The molecule has 3 aromatic rings. The number of rotatable bonds is 10. The van der Waals surface area contributed by atoms with Crippen LogP contribution in [0, 0.1) is 5.82 Å². The molecule has 0 aliphatic carbocycles. The molecule has 1 aromatic heterocycles. The average molecular weight is 640 g/mol. The van der Waals surface area contributed by atoms with Gasteiger partial charge in [-0.1, -0.05) is 12.1 Å². The number of aromatic amines is 1. The third-order valence-corrected chi connectivity index (χ3v) is 7.93. The van der Waals surface area contributed by atoms with E-state index in [2.05, 4.69) is 43.3 Å². The van der Waals surface area contributed by atoms with Crippen molar-refractivity contribution in [3.63, 3.8) is 0 Å². The van der Waals surface area contributed by atoms with Gasteiger partial charge >= 0.3 is 0 Å². The third kappa shape index (κ3) is 9.28. The van der Waals surface area contributed by atoms with Crippen LogP contribution in [0.5, 0.6) is 5.75 Å². The summed E-state index contributed by atoms with van der Waals surface area (Å²) in [5, 5.41) is 4.83. The Morgan fingerprint density at radius 1 is 0.875 bits per heavy atom. The number of ether oxygens (including phenoxy) is 1. The summed E-state index contributed by atoms with van der Waals surface area (Å²) in [6.07, 6.45) is 5.64. The second-order valence-corrected chi connectivity index (χ2v) is 10.2. The number of benzene rings is 2. The fourth-order valence-corrected chi connectivity index (χ4v) is 5.82. The lowest BCUT2D eigenvalue weighted by molar-refractivity contribution is 0.209. The van der Waals surface area contributed by atoms with E-state index in [0.29, 0.717) is 5.92 Å². The van der Waals surface area contributed by atoms with E-state index in [1.807, 2.05) is 18.2 Å². The number of aromatic nitrogens is 1. The fourth-order valence-electron chi connectivity index (χ4n) is 5.82. The highest BCUT2D eigenvalue weighted by molar-refractivity contribution is 5.86. The van der Waals surface area contributed by atoms with E-state index >= 15 is 0 Å². The highest BCUT2D eigenvalue weighted by Crippen LogP contribution is 2.33. The molecule has 0 spiro atoms. The lowest BCUT2D eigenvalue weighted by Gasteiger charge is -2.36. The van der Waals surface area contributed by atoms with Crippen molar-refractivity contribution in [3.05, 3.63) is 60.0 Å². The molecule has 2 saturated heterocycles. The first-order chi connectivity index (χ1) is 17.7. The van der Waals surface area contributed by atoms with Crippen LogP contribution < -0.4 is 15.0 Å². The number of anilines is 1. The van der Waals surface area contributed by atoms with Gasteiger partial charge in [-0.25, -0.2) is 4.39 Å². The molecule has 2 aromatic carbocycles. The molecule has 0 unspecified atom stereocenters. The van der Waals surface area contributed by atoms with Crippen LogP contribution in [0.1, 0.15) is 30.7 Å². The molecular formula is C29H44Cl4FN5O. The maximum atomic E-state index is 13.5. The highest BCUT2D eigenvalue weighted by atomic mass is 35.5. The first-order valence-corrected chi connectivity index (χ1v) is 13.5. The summed E-state index contributed by atoms with van der Waals surface area (Å²) in [5.74, 6) is 1.36. The maximum Gasteiger partial charge on any atom is 0.142 e. The van der Waals surface area contributed by atoms with Crippen molar-refractivity contribution < 1.29 is 9.13 Å². The van der Waals surface area contributed by atoms with Crippen LogP contribution in [0.25, 0.3) is 10.9 Å². The van der Waals surface area contributed by atoms with Gasteiger partial charge in [0.15, 0.2) is 0 Å². The van der Waals surface area contributed by atoms with Crippen LogP contribution in [-0.2, 0) is 0 Å². The Balaban J connectivity index is 0.00000200. The summed E-state index contributed by atoms with van der Waals surface area (Å²) in [7, 11) is 1.75. The van der Waals surface area contributed by atoms with Crippen LogP contribution in [-0.4, -0.2) is 87.3 Å². The molecule has 2 aliphatic heterocycles. The number of fused-ring (bicyclic) bond motifs is 1. The van der Waals surface area contributed by atoms with Crippen molar-refractivity contribution in [1.29, 1.82) is 0 Å². The fraction of sp³-hybridized carbons (Fsp3) is 0.517. The molecule has 0 radical (unpaired) electrons. The number of piperidine rings is 1. The van der Waals surface area contributed by atoms with Crippen LogP contribution in [0.15, 0.2) is 48.7 Å². The number of hydrogen-bond acceptors (Lipinski definition) is 5. The minimum Gasteiger partial charge on any atom is -0.495 e. The number of nitrogens with one attached hydrogen (secondary N) is 2. The average Bonchev–Trinajstić information content (AvgIpc) is 3.34. The van der Waals surface area contributed by atoms with Gasteiger partial charge in [0.2, 0.25) is 0 Å². The zero-order valence-corrected chi connectivity index (χ0v) is 26.4. The number of nitrogens with zero attached hydrogens (tertiary/aromatic N) is 3. The topological polar surface area (TPSA) is 46.8 Å². The first kappa shape index (κ1) is 36.6. The molecule has 2 aliphatic rings. The molecule has 0 saturated carbocycles. The van der Waals surface area contributed by atoms with E-state index in [4.69, 9.17) is 4.74 Å². The van der Waals surface area contributed by atoms with Crippen molar-refractivity contribution in [2.45, 2.75) is 25.2 Å². The largest absolute Gasteiger partial charge is 0.495 e. The summed E-state index contributed by atoms with van der Waals surface area (Å²) in [5.41, 5.74) is 3.48. The molecule has 226 valence electrons. The van der Waals surface area contributed by atoms with Crippen LogP contribution >= 0.6 is 49.6 Å². The van der Waals surface area contributed by atoms with Gasteiger partial charge in [0.05, 0.1) is 12.8 Å². The van der Waals surface area contributed by atoms with Gasteiger partial charge in [-0.3, -0.25) is 4.90 Å². The molecule has 6 nitrogen and oxygen atoms in total. The van der Waals surface area contributed by atoms with E-state index in [-0.39, 0.29) is 55.4 Å². The lowest BCUT2D eigenvalue weighted by atomic mass is 9.89. The molecule has 0 amide bonds. The van der Waals surface area contributed by atoms with E-state index in [1.54, 1.807) is 19.2 Å². The number of para-hydroxylation sites is 2. The molecule has 11 heteroatoms. The summed E-state index contributed by atoms with van der Waals surface area (Å²) in [4.78, 5) is 10.9. The zero-order chi connectivity index (χ0) is 24.7. The minimum atomic E-state index is -0.175. The predicted molar refractivity (Wildman–Crippen MR) is 175 cm³/mol. The first-order valence-electron chi connectivity index (χ1n) is 13.5. The quantitative estimate of drug-likeness (QED) is 0.268. The number of halogens is 5. The zero-order valence-electron chi connectivity index (χ0n) is 23.1. The van der Waals surface area contributed by atoms with Crippen LogP contribution in [0.4, 0.5) is 10.1 Å². The monoisotopic (exact) mass is 637 g/mol. The van der Waals surface area contributed by atoms with Crippen LogP contribution in [0.3, 0.4) is 0 Å². The van der Waals surface area contributed by atoms with E-state index in [1.165, 1.54) is 35.9 Å². The molecule has 0 atom stereocenters. The summed E-state index contributed by atoms with van der Waals surface area (Å²) in [6.45, 7) is 11.0. The van der Waals surface area contributed by atoms with Gasteiger partial charge < -0.3 is 24.8 Å². The van der Waals surface area contributed by atoms with Gasteiger partial charge in [-0.05, 0) is 87.3 Å². The van der Waals surface area contributed by atoms with Gasteiger partial charge in [-0.2, -0.15) is 0 Å². The van der Waals surface area contributed by atoms with Crippen molar-refractivity contribution in [3.8, 4) is 5.75 Å². The minimum absolute atomic E-state index is 0. The smallest absolute Gasteiger partial charge is 0.142 e. The molecular weight excluding hydrogens is 595 g/mol. The third-order valence-electron chi connectivity index (χ3n) is 7.93.